The van der Waals surface area contributed by atoms with Gasteiger partial charge in [0, 0.05) is 17.2 Å². The topological polar surface area (TPSA) is 127 Å². The third-order valence-corrected chi connectivity index (χ3v) is 2.66. The van der Waals surface area contributed by atoms with Crippen molar-refractivity contribution in [3.8, 4) is 0 Å². The lowest BCUT2D eigenvalue weighted by molar-refractivity contribution is -0.139. The zero-order valence-electron chi connectivity index (χ0n) is 13.5. The Hall–Kier alpha value is -2.15. The van der Waals surface area contributed by atoms with Crippen molar-refractivity contribution in [1.29, 1.82) is 0 Å². The predicted octanol–water partition coefficient (Wildman–Crippen LogP) is 1.73. The first-order valence-corrected chi connectivity index (χ1v) is 6.83. The smallest absolute Gasteiger partial charge is 0.333 e. The monoisotopic (exact) mass is 315 g/mol. The van der Waals surface area contributed by atoms with Gasteiger partial charge in [-0.15, -0.1) is 0 Å². The Labute approximate surface area is 130 Å². The summed E-state index contributed by atoms with van der Waals surface area (Å²) in [6, 6.07) is -0.0746. The molecule has 0 aromatic heterocycles. The number of hydrogen-bond acceptors (Lipinski definition) is 5. The number of rotatable bonds is 7. The molecule has 7 heteroatoms. The highest BCUT2D eigenvalue weighted by atomic mass is 16.5. The van der Waals surface area contributed by atoms with Crippen LogP contribution in [0.15, 0.2) is 23.3 Å². The SMILES string of the molecule is C=C(CC(=O)O)C(=O)O.CCOC(=O)C(C)=C(CC)C(C)N. The second kappa shape index (κ2) is 11.5. The number of esters is 1. The molecule has 0 fully saturated rings. The van der Waals surface area contributed by atoms with E-state index in [4.69, 9.17) is 20.7 Å². The van der Waals surface area contributed by atoms with Gasteiger partial charge in [-0.3, -0.25) is 4.79 Å². The van der Waals surface area contributed by atoms with Crippen LogP contribution in [0.2, 0.25) is 0 Å². The molecule has 0 radical (unpaired) electrons. The third-order valence-electron chi connectivity index (χ3n) is 2.66. The molecule has 1 atom stereocenters. The molecule has 0 aliphatic rings. The Morgan fingerprint density at radius 2 is 1.73 bits per heavy atom. The van der Waals surface area contributed by atoms with Gasteiger partial charge in [0.25, 0.3) is 0 Å². The maximum absolute atomic E-state index is 11.3. The minimum atomic E-state index is -1.27. The first kappa shape index (κ1) is 22.1. The van der Waals surface area contributed by atoms with Crippen LogP contribution in [0, 0.1) is 0 Å². The quantitative estimate of drug-likeness (QED) is 0.482. The van der Waals surface area contributed by atoms with E-state index >= 15 is 0 Å². The van der Waals surface area contributed by atoms with Crippen LogP contribution < -0.4 is 5.73 Å². The van der Waals surface area contributed by atoms with Gasteiger partial charge in [0.1, 0.15) is 0 Å². The second-order valence-corrected chi connectivity index (χ2v) is 4.49. The third kappa shape index (κ3) is 9.71. The highest BCUT2D eigenvalue weighted by molar-refractivity contribution is 5.91. The molecule has 0 saturated heterocycles. The van der Waals surface area contributed by atoms with Crippen LogP contribution in [-0.4, -0.2) is 40.8 Å². The standard InChI is InChI=1S/C10H19NO2.C5H6O4/c1-5-9(8(4)11)7(3)10(12)13-6-2;1-3(5(8)9)2-4(6)7/h8H,5-6,11H2,1-4H3;1-2H2,(H,6,7)(H,8,9). The van der Waals surface area contributed by atoms with Crippen LogP contribution in [0.4, 0.5) is 0 Å². The molecule has 0 saturated carbocycles. The van der Waals surface area contributed by atoms with E-state index in [0.29, 0.717) is 12.2 Å². The Bertz CT molecular complexity index is 451. The van der Waals surface area contributed by atoms with Crippen molar-refractivity contribution in [3.05, 3.63) is 23.3 Å². The number of hydrogen-bond donors (Lipinski definition) is 3. The Morgan fingerprint density at radius 1 is 1.23 bits per heavy atom. The summed E-state index contributed by atoms with van der Waals surface area (Å²) >= 11 is 0. The molecule has 0 aromatic carbocycles. The van der Waals surface area contributed by atoms with E-state index in [1.54, 1.807) is 13.8 Å². The number of ether oxygens (including phenoxy) is 1. The minimum absolute atomic E-state index is 0.0746. The van der Waals surface area contributed by atoms with Crippen LogP contribution in [-0.2, 0) is 19.1 Å². The lowest BCUT2D eigenvalue weighted by atomic mass is 10.0. The van der Waals surface area contributed by atoms with Crippen LogP contribution in [0.5, 0.6) is 0 Å². The molecule has 0 aliphatic heterocycles. The van der Waals surface area contributed by atoms with Crippen LogP contribution in [0.1, 0.15) is 40.5 Å². The number of carboxylic acid groups (broad SMARTS) is 2. The van der Waals surface area contributed by atoms with Crippen LogP contribution in [0.25, 0.3) is 0 Å². The van der Waals surface area contributed by atoms with Crippen molar-refractivity contribution in [3.63, 3.8) is 0 Å². The molecule has 22 heavy (non-hydrogen) atoms. The van der Waals surface area contributed by atoms with E-state index in [2.05, 4.69) is 6.58 Å². The molecular weight excluding hydrogens is 290 g/mol. The maximum atomic E-state index is 11.3. The van der Waals surface area contributed by atoms with Crippen molar-refractivity contribution in [1.82, 2.24) is 0 Å². The van der Waals surface area contributed by atoms with Gasteiger partial charge >= 0.3 is 17.9 Å². The van der Waals surface area contributed by atoms with Gasteiger partial charge in [-0.25, -0.2) is 9.59 Å². The first-order chi connectivity index (χ1) is 10.1. The molecular formula is C15H25NO6. The van der Waals surface area contributed by atoms with Gasteiger partial charge in [0.05, 0.1) is 13.0 Å². The van der Waals surface area contributed by atoms with Crippen LogP contribution >= 0.6 is 0 Å². The number of nitrogens with two attached hydrogens (primary N) is 1. The van der Waals surface area contributed by atoms with E-state index in [9.17, 15) is 14.4 Å². The zero-order valence-corrected chi connectivity index (χ0v) is 13.5. The zero-order chi connectivity index (χ0) is 17.9. The van der Waals surface area contributed by atoms with E-state index in [1.807, 2.05) is 13.8 Å². The fourth-order valence-corrected chi connectivity index (χ4v) is 1.56. The van der Waals surface area contributed by atoms with E-state index in [-0.39, 0.29) is 17.6 Å². The number of carbonyl (C=O) groups excluding carboxylic acids is 1. The fourth-order valence-electron chi connectivity index (χ4n) is 1.56. The summed E-state index contributed by atoms with van der Waals surface area (Å²) in [5, 5.41) is 16.1. The summed E-state index contributed by atoms with van der Waals surface area (Å²) in [4.78, 5) is 31.0. The molecule has 126 valence electrons. The lowest BCUT2D eigenvalue weighted by Gasteiger charge is -2.12. The maximum Gasteiger partial charge on any atom is 0.333 e. The van der Waals surface area contributed by atoms with Gasteiger partial charge in [-0.2, -0.15) is 0 Å². The Balaban J connectivity index is 0. The van der Waals surface area contributed by atoms with Gasteiger partial charge in [-0.1, -0.05) is 13.5 Å². The van der Waals surface area contributed by atoms with Crippen molar-refractivity contribution < 1.29 is 29.3 Å². The summed E-state index contributed by atoms with van der Waals surface area (Å²) in [6.07, 6.45) is 0.289. The highest BCUT2D eigenvalue weighted by Gasteiger charge is 2.12. The van der Waals surface area contributed by atoms with Crippen molar-refractivity contribution in [2.75, 3.05) is 6.61 Å². The summed E-state index contributed by atoms with van der Waals surface area (Å²) in [5.74, 6) is -2.70. The Kier molecular flexibility index (Phi) is 11.6. The largest absolute Gasteiger partial charge is 0.481 e. The molecule has 0 aliphatic carbocycles. The van der Waals surface area contributed by atoms with Gasteiger partial charge in [0.2, 0.25) is 0 Å². The Morgan fingerprint density at radius 3 is 1.95 bits per heavy atom. The van der Waals surface area contributed by atoms with Gasteiger partial charge in [-0.05, 0) is 32.8 Å². The molecule has 0 aromatic rings. The molecule has 7 nitrogen and oxygen atoms in total. The molecule has 0 bridgehead atoms. The summed E-state index contributed by atoms with van der Waals surface area (Å²) in [7, 11) is 0. The summed E-state index contributed by atoms with van der Waals surface area (Å²) < 4.78 is 4.88. The van der Waals surface area contributed by atoms with Gasteiger partial charge < -0.3 is 20.7 Å². The summed E-state index contributed by atoms with van der Waals surface area (Å²) in [5.41, 5.74) is 7.04. The van der Waals surface area contributed by atoms with Crippen molar-refractivity contribution in [2.24, 2.45) is 5.73 Å². The van der Waals surface area contributed by atoms with E-state index < -0.39 is 18.4 Å². The molecule has 1 unspecified atom stereocenters. The van der Waals surface area contributed by atoms with Crippen LogP contribution in [0.3, 0.4) is 0 Å². The molecule has 0 amide bonds. The highest BCUT2D eigenvalue weighted by Crippen LogP contribution is 2.12. The lowest BCUT2D eigenvalue weighted by Crippen LogP contribution is -2.21. The second-order valence-electron chi connectivity index (χ2n) is 4.49. The van der Waals surface area contributed by atoms with Gasteiger partial charge in [0.15, 0.2) is 0 Å². The van der Waals surface area contributed by atoms with Crippen molar-refractivity contribution in [2.45, 2.75) is 46.6 Å². The summed E-state index contributed by atoms with van der Waals surface area (Å²) in [6.45, 7) is 10.8. The molecule has 4 N–H and O–H groups in total. The van der Waals surface area contributed by atoms with Crippen molar-refractivity contribution >= 4 is 17.9 Å². The van der Waals surface area contributed by atoms with E-state index in [0.717, 1.165) is 12.0 Å². The fraction of sp³-hybridized carbons (Fsp3) is 0.533. The molecule has 0 heterocycles. The number of carbonyl (C=O) groups is 3. The molecule has 0 spiro atoms. The minimum Gasteiger partial charge on any atom is -0.481 e. The normalized spacial score (nSPS) is 12.2. The number of aliphatic carboxylic acids is 2. The average molecular weight is 315 g/mol. The number of carboxylic acids is 2. The van der Waals surface area contributed by atoms with E-state index in [1.165, 1.54) is 0 Å². The first-order valence-electron chi connectivity index (χ1n) is 6.83. The predicted molar refractivity (Wildman–Crippen MR) is 82.3 cm³/mol. The average Bonchev–Trinajstić information content (AvgIpc) is 2.39. The molecule has 0 rings (SSSR count).